The second-order valence-electron chi connectivity index (χ2n) is 12.4. The largest absolute Gasteiger partial charge is 0.456 e. The number of nitrogens with zero attached hydrogens (tertiary/aromatic N) is 2. The highest BCUT2D eigenvalue weighted by atomic mass is 32.1. The topological polar surface area (TPSA) is 42.4 Å². The lowest BCUT2D eigenvalue weighted by Gasteiger charge is -2.26. The third-order valence-electron chi connectivity index (χ3n) is 9.34. The van der Waals surface area contributed by atoms with Crippen molar-refractivity contribution >= 4 is 71.5 Å². The monoisotopic (exact) mass is 660 g/mol. The Kier molecular flexibility index (Phi) is 6.64. The first-order chi connectivity index (χ1) is 24.7. The van der Waals surface area contributed by atoms with Gasteiger partial charge in [0.2, 0.25) is 5.89 Å². The summed E-state index contributed by atoms with van der Waals surface area (Å²) in [5.74, 6) is 0.615. The lowest BCUT2D eigenvalue weighted by molar-refractivity contribution is 0.620. The maximum absolute atomic E-state index is 6.08. The maximum Gasteiger partial charge on any atom is 0.227 e. The molecule has 0 unspecified atom stereocenters. The smallest absolute Gasteiger partial charge is 0.227 e. The van der Waals surface area contributed by atoms with Gasteiger partial charge in [0.25, 0.3) is 0 Å². The van der Waals surface area contributed by atoms with Gasteiger partial charge < -0.3 is 13.7 Å². The van der Waals surface area contributed by atoms with Gasteiger partial charge in [-0.15, -0.1) is 11.3 Å². The van der Waals surface area contributed by atoms with Gasteiger partial charge in [-0.05, 0) is 113 Å². The number of para-hydroxylation sites is 3. The number of fused-ring (bicyclic) bond motifs is 5. The number of anilines is 3. The summed E-state index contributed by atoms with van der Waals surface area (Å²) in [7, 11) is 0. The number of furan rings is 1. The summed E-state index contributed by atoms with van der Waals surface area (Å²) in [5, 5.41) is 3.53. The molecule has 0 saturated heterocycles. The number of hydrogen-bond acceptors (Lipinski definition) is 5. The van der Waals surface area contributed by atoms with Crippen LogP contribution in [-0.2, 0) is 0 Å². The molecule has 0 atom stereocenters. The number of benzene rings is 7. The van der Waals surface area contributed by atoms with Crippen molar-refractivity contribution in [2.45, 2.75) is 0 Å². The molecule has 50 heavy (non-hydrogen) atoms. The maximum atomic E-state index is 6.08. The minimum absolute atomic E-state index is 0.615. The van der Waals surface area contributed by atoms with E-state index in [-0.39, 0.29) is 0 Å². The fourth-order valence-electron chi connectivity index (χ4n) is 6.80. The van der Waals surface area contributed by atoms with E-state index in [4.69, 9.17) is 13.8 Å². The Balaban J connectivity index is 1.03. The van der Waals surface area contributed by atoms with Gasteiger partial charge in [0.15, 0.2) is 5.58 Å². The van der Waals surface area contributed by atoms with E-state index in [2.05, 4.69) is 138 Å². The number of aromatic nitrogens is 1. The predicted octanol–water partition coefficient (Wildman–Crippen LogP) is 13.4. The third kappa shape index (κ3) is 4.95. The molecule has 10 aromatic rings. The van der Waals surface area contributed by atoms with Gasteiger partial charge in [-0.3, -0.25) is 0 Å². The van der Waals surface area contributed by atoms with Gasteiger partial charge in [-0.2, -0.15) is 0 Å². The van der Waals surface area contributed by atoms with E-state index in [1.54, 1.807) is 0 Å². The van der Waals surface area contributed by atoms with E-state index >= 15 is 0 Å². The molecule has 0 bridgehead atoms. The van der Waals surface area contributed by atoms with Crippen molar-refractivity contribution in [3.05, 3.63) is 170 Å². The molecule has 0 saturated carbocycles. The zero-order chi connectivity index (χ0) is 33.0. The molecule has 0 aliphatic heterocycles. The highest BCUT2D eigenvalue weighted by Gasteiger charge is 2.16. The molecule has 4 nitrogen and oxygen atoms in total. The highest BCUT2D eigenvalue weighted by Crippen LogP contribution is 2.40. The standard InChI is InChI=1S/C45H28N2O2S/c1-6-12-43-33(7-1)28-44(50-43)30-15-22-35(23-16-30)47(36-24-17-31(18-25-36)45-46-39-9-3-5-11-42(39)49-45)34-20-13-29(14-21-34)32-19-26-41-38(27-32)37-8-2-4-10-40(37)48-41/h1-28H. The van der Waals surface area contributed by atoms with E-state index < -0.39 is 0 Å². The van der Waals surface area contributed by atoms with Crippen molar-refractivity contribution in [3.8, 4) is 33.0 Å². The van der Waals surface area contributed by atoms with Crippen LogP contribution in [0.2, 0.25) is 0 Å². The van der Waals surface area contributed by atoms with E-state index in [1.165, 1.54) is 20.5 Å². The quantitative estimate of drug-likeness (QED) is 0.178. The Hall–Kier alpha value is -6.43. The van der Waals surface area contributed by atoms with E-state index in [9.17, 15) is 0 Å². The molecule has 0 aliphatic carbocycles. The number of oxazole rings is 1. The summed E-state index contributed by atoms with van der Waals surface area (Å²) in [6.45, 7) is 0. The normalized spacial score (nSPS) is 11.6. The molecule has 0 fully saturated rings. The minimum atomic E-state index is 0.615. The molecule has 0 amide bonds. The van der Waals surface area contributed by atoms with Crippen LogP contribution in [0.15, 0.2) is 179 Å². The second kappa shape index (κ2) is 11.6. The van der Waals surface area contributed by atoms with Crippen LogP contribution in [0.5, 0.6) is 0 Å². The number of rotatable bonds is 6. The van der Waals surface area contributed by atoms with Crippen LogP contribution in [0.3, 0.4) is 0 Å². The van der Waals surface area contributed by atoms with Crippen molar-refractivity contribution in [1.29, 1.82) is 0 Å². The van der Waals surface area contributed by atoms with Gasteiger partial charge in [0.05, 0.1) is 0 Å². The molecule has 236 valence electrons. The zero-order valence-corrected chi connectivity index (χ0v) is 27.6. The van der Waals surface area contributed by atoms with E-state index in [0.717, 1.165) is 66.8 Å². The van der Waals surface area contributed by atoms with Crippen molar-refractivity contribution in [2.24, 2.45) is 0 Å². The van der Waals surface area contributed by atoms with Crippen LogP contribution in [0.1, 0.15) is 0 Å². The van der Waals surface area contributed by atoms with Crippen LogP contribution >= 0.6 is 11.3 Å². The lowest BCUT2D eigenvalue weighted by atomic mass is 10.0. The van der Waals surface area contributed by atoms with Crippen molar-refractivity contribution in [3.63, 3.8) is 0 Å². The zero-order valence-electron chi connectivity index (χ0n) is 26.8. The van der Waals surface area contributed by atoms with E-state index in [0.29, 0.717) is 5.89 Å². The molecule has 3 aromatic heterocycles. The van der Waals surface area contributed by atoms with Gasteiger partial charge in [-0.1, -0.05) is 78.9 Å². The molecule has 3 heterocycles. The lowest BCUT2D eigenvalue weighted by Crippen LogP contribution is -2.09. The van der Waals surface area contributed by atoms with Gasteiger partial charge in [0, 0.05) is 43.0 Å². The Morgan fingerprint density at radius 1 is 0.440 bits per heavy atom. The average molecular weight is 661 g/mol. The molecule has 5 heteroatoms. The summed E-state index contributed by atoms with van der Waals surface area (Å²) < 4.78 is 13.4. The van der Waals surface area contributed by atoms with Crippen molar-refractivity contribution in [1.82, 2.24) is 4.98 Å². The van der Waals surface area contributed by atoms with Crippen LogP contribution in [0, 0.1) is 0 Å². The summed E-state index contributed by atoms with van der Waals surface area (Å²) in [4.78, 5) is 8.27. The van der Waals surface area contributed by atoms with Gasteiger partial charge >= 0.3 is 0 Å². The van der Waals surface area contributed by atoms with Gasteiger partial charge in [0.1, 0.15) is 16.7 Å². The first kappa shape index (κ1) is 28.6. The molecule has 0 N–H and O–H groups in total. The molecular formula is C45H28N2O2S. The first-order valence-corrected chi connectivity index (χ1v) is 17.4. The molecule has 0 radical (unpaired) electrons. The van der Waals surface area contributed by atoms with Crippen molar-refractivity contribution < 1.29 is 8.83 Å². The Morgan fingerprint density at radius 3 is 1.78 bits per heavy atom. The molecule has 0 spiro atoms. The summed E-state index contributed by atoms with van der Waals surface area (Å²) in [6.07, 6.45) is 0. The summed E-state index contributed by atoms with van der Waals surface area (Å²) in [6, 6.07) is 59.4. The predicted molar refractivity (Wildman–Crippen MR) is 208 cm³/mol. The SMILES string of the molecule is c1ccc2sc(-c3ccc(N(c4ccc(-c5ccc6oc7ccccc7c6c5)cc4)c4ccc(-c5nc6ccccc6o5)cc4)cc3)cc2c1. The van der Waals surface area contributed by atoms with E-state index in [1.807, 2.05) is 47.7 Å². The van der Waals surface area contributed by atoms with Gasteiger partial charge in [-0.25, -0.2) is 4.98 Å². The average Bonchev–Trinajstić information content (AvgIpc) is 3.91. The van der Waals surface area contributed by atoms with Crippen LogP contribution < -0.4 is 4.90 Å². The highest BCUT2D eigenvalue weighted by molar-refractivity contribution is 7.22. The van der Waals surface area contributed by atoms with Crippen molar-refractivity contribution in [2.75, 3.05) is 4.90 Å². The van der Waals surface area contributed by atoms with Crippen LogP contribution in [0.4, 0.5) is 17.1 Å². The van der Waals surface area contributed by atoms with Crippen LogP contribution in [0.25, 0.3) is 76.1 Å². The summed E-state index contributed by atoms with van der Waals surface area (Å²) in [5.41, 5.74) is 11.1. The third-order valence-corrected chi connectivity index (χ3v) is 10.5. The molecule has 0 aliphatic rings. The molecular weight excluding hydrogens is 633 g/mol. The second-order valence-corrected chi connectivity index (χ2v) is 13.5. The number of hydrogen-bond donors (Lipinski definition) is 0. The first-order valence-electron chi connectivity index (χ1n) is 16.6. The van der Waals surface area contributed by atoms with Crippen LogP contribution in [-0.4, -0.2) is 4.98 Å². The number of thiophene rings is 1. The Morgan fingerprint density at radius 2 is 1.04 bits per heavy atom. The fraction of sp³-hybridized carbons (Fsp3) is 0. The molecule has 10 rings (SSSR count). The Labute approximate surface area is 292 Å². The molecule has 7 aromatic carbocycles. The summed E-state index contributed by atoms with van der Waals surface area (Å²) >= 11 is 1.83. The Bertz CT molecular complexity index is 2620. The minimum Gasteiger partial charge on any atom is -0.456 e. The fourth-order valence-corrected chi connectivity index (χ4v) is 7.87.